The fourth-order valence-corrected chi connectivity index (χ4v) is 2.50. The number of hydrogen-bond donors (Lipinski definition) is 1. The minimum absolute atomic E-state index is 0.335. The Morgan fingerprint density at radius 2 is 2.31 bits per heavy atom. The lowest BCUT2D eigenvalue weighted by atomic mass is 10.0. The van der Waals surface area contributed by atoms with Crippen LogP contribution in [0.15, 0.2) is 4.52 Å². The normalized spacial score (nSPS) is 34.7. The van der Waals surface area contributed by atoms with Crippen molar-refractivity contribution in [3.63, 3.8) is 0 Å². The molecule has 3 atom stereocenters. The summed E-state index contributed by atoms with van der Waals surface area (Å²) in [5, 5.41) is 7.48. The van der Waals surface area contributed by atoms with E-state index in [9.17, 15) is 0 Å². The lowest BCUT2D eigenvalue weighted by Gasteiger charge is -2.08. The van der Waals surface area contributed by atoms with E-state index in [-0.39, 0.29) is 0 Å². The molecule has 0 aliphatic carbocycles. The molecule has 5 nitrogen and oxygen atoms in total. The largest absolute Gasteiger partial charge is 0.381 e. The predicted molar refractivity (Wildman–Crippen MR) is 57.3 cm³/mol. The molecule has 2 aliphatic heterocycles. The average Bonchev–Trinajstić information content (AvgIpc) is 2.96. The number of aromatic nitrogens is 2. The van der Waals surface area contributed by atoms with Crippen molar-refractivity contribution in [1.29, 1.82) is 0 Å². The van der Waals surface area contributed by atoms with Crippen molar-refractivity contribution in [3.05, 3.63) is 11.7 Å². The van der Waals surface area contributed by atoms with Gasteiger partial charge in [0, 0.05) is 18.6 Å². The van der Waals surface area contributed by atoms with Crippen LogP contribution < -0.4 is 5.32 Å². The lowest BCUT2D eigenvalue weighted by molar-refractivity contribution is 0.192. The fraction of sp³-hybridized carbons (Fsp3) is 0.818. The van der Waals surface area contributed by atoms with E-state index in [0.717, 1.165) is 44.3 Å². The third-order valence-electron chi connectivity index (χ3n) is 3.59. The van der Waals surface area contributed by atoms with Crippen molar-refractivity contribution < 1.29 is 9.26 Å². The molecule has 1 N–H and O–H groups in total. The summed E-state index contributed by atoms with van der Waals surface area (Å²) >= 11 is 0. The summed E-state index contributed by atoms with van der Waals surface area (Å²) in [6.45, 7) is 4.75. The first-order valence-corrected chi connectivity index (χ1v) is 5.99. The highest BCUT2D eigenvalue weighted by Crippen LogP contribution is 2.29. The smallest absolute Gasteiger partial charge is 0.231 e. The SMILES string of the molecule is CC1NCCC1c1nc(C2CCOC2)no1. The second kappa shape index (κ2) is 4.14. The Labute approximate surface area is 94.6 Å². The van der Waals surface area contributed by atoms with Crippen LogP contribution in [0.1, 0.15) is 43.3 Å². The van der Waals surface area contributed by atoms with E-state index in [1.54, 1.807) is 0 Å². The van der Waals surface area contributed by atoms with E-state index in [1.807, 2.05) is 0 Å². The Hall–Kier alpha value is -0.940. The molecule has 1 aromatic rings. The van der Waals surface area contributed by atoms with Crippen molar-refractivity contribution in [3.8, 4) is 0 Å². The van der Waals surface area contributed by atoms with Crippen molar-refractivity contribution in [2.45, 2.75) is 37.6 Å². The van der Waals surface area contributed by atoms with Gasteiger partial charge in [-0.15, -0.1) is 0 Å². The van der Waals surface area contributed by atoms with Gasteiger partial charge in [0.05, 0.1) is 12.5 Å². The van der Waals surface area contributed by atoms with Crippen LogP contribution in [0.3, 0.4) is 0 Å². The van der Waals surface area contributed by atoms with E-state index in [2.05, 4.69) is 22.4 Å². The molecule has 1 aromatic heterocycles. The topological polar surface area (TPSA) is 60.2 Å². The standard InChI is InChI=1S/C11H17N3O2/c1-7-9(2-4-12-7)11-13-10(14-16-11)8-3-5-15-6-8/h7-9,12H,2-6H2,1H3. The fourth-order valence-electron chi connectivity index (χ4n) is 2.50. The minimum atomic E-state index is 0.335. The van der Waals surface area contributed by atoms with Crippen molar-refractivity contribution in [2.75, 3.05) is 19.8 Å². The molecule has 0 spiro atoms. The summed E-state index contributed by atoms with van der Waals surface area (Å²) in [5.74, 6) is 2.33. The summed E-state index contributed by atoms with van der Waals surface area (Å²) in [7, 11) is 0. The van der Waals surface area contributed by atoms with Gasteiger partial charge >= 0.3 is 0 Å². The molecule has 0 aromatic carbocycles. The molecule has 0 radical (unpaired) electrons. The maximum absolute atomic E-state index is 5.37. The van der Waals surface area contributed by atoms with Gasteiger partial charge in [0.15, 0.2) is 5.82 Å². The molecule has 3 unspecified atom stereocenters. The molecule has 0 bridgehead atoms. The van der Waals surface area contributed by atoms with Crippen LogP contribution >= 0.6 is 0 Å². The van der Waals surface area contributed by atoms with Crippen LogP contribution in [0.5, 0.6) is 0 Å². The molecule has 2 aliphatic rings. The number of nitrogens with one attached hydrogen (secondary N) is 1. The summed E-state index contributed by atoms with van der Waals surface area (Å²) in [6.07, 6.45) is 2.10. The monoisotopic (exact) mass is 223 g/mol. The predicted octanol–water partition coefficient (Wildman–Crippen LogP) is 1.04. The van der Waals surface area contributed by atoms with E-state index >= 15 is 0 Å². The van der Waals surface area contributed by atoms with Gasteiger partial charge in [-0.2, -0.15) is 4.98 Å². The molecular weight excluding hydrogens is 206 g/mol. The Balaban J connectivity index is 1.76. The second-order valence-corrected chi connectivity index (χ2v) is 4.69. The molecule has 3 rings (SSSR count). The van der Waals surface area contributed by atoms with Gasteiger partial charge in [0.1, 0.15) is 0 Å². The Kier molecular flexibility index (Phi) is 2.65. The second-order valence-electron chi connectivity index (χ2n) is 4.69. The zero-order valence-electron chi connectivity index (χ0n) is 9.48. The first-order chi connectivity index (χ1) is 7.84. The quantitative estimate of drug-likeness (QED) is 0.811. The molecule has 3 heterocycles. The molecule has 2 saturated heterocycles. The van der Waals surface area contributed by atoms with Gasteiger partial charge in [0.25, 0.3) is 0 Å². The highest BCUT2D eigenvalue weighted by atomic mass is 16.5. The average molecular weight is 223 g/mol. The van der Waals surface area contributed by atoms with E-state index < -0.39 is 0 Å². The number of nitrogens with zero attached hydrogens (tertiary/aromatic N) is 2. The van der Waals surface area contributed by atoms with Crippen molar-refractivity contribution >= 4 is 0 Å². The zero-order valence-corrected chi connectivity index (χ0v) is 9.48. The first-order valence-electron chi connectivity index (χ1n) is 5.99. The van der Waals surface area contributed by atoms with Gasteiger partial charge in [-0.25, -0.2) is 0 Å². The molecule has 2 fully saturated rings. The molecule has 16 heavy (non-hydrogen) atoms. The Morgan fingerprint density at radius 3 is 3.00 bits per heavy atom. The van der Waals surface area contributed by atoms with Crippen LogP contribution in [-0.4, -0.2) is 35.9 Å². The minimum Gasteiger partial charge on any atom is -0.381 e. The summed E-state index contributed by atoms with van der Waals surface area (Å²) in [4.78, 5) is 4.53. The first kappa shape index (κ1) is 10.2. The van der Waals surface area contributed by atoms with Crippen LogP contribution in [0.2, 0.25) is 0 Å². The van der Waals surface area contributed by atoms with Crippen LogP contribution in [0.25, 0.3) is 0 Å². The van der Waals surface area contributed by atoms with Gasteiger partial charge in [-0.05, 0) is 26.3 Å². The third kappa shape index (κ3) is 1.74. The van der Waals surface area contributed by atoms with E-state index in [0.29, 0.717) is 17.9 Å². The van der Waals surface area contributed by atoms with Crippen molar-refractivity contribution in [1.82, 2.24) is 15.5 Å². The van der Waals surface area contributed by atoms with Crippen LogP contribution in [-0.2, 0) is 4.74 Å². The summed E-state index contributed by atoms with van der Waals surface area (Å²) < 4.78 is 10.7. The highest BCUT2D eigenvalue weighted by molar-refractivity contribution is 5.05. The maximum Gasteiger partial charge on any atom is 0.231 e. The molecular formula is C11H17N3O2. The summed E-state index contributed by atoms with van der Waals surface area (Å²) in [6, 6.07) is 0.438. The van der Waals surface area contributed by atoms with Crippen molar-refractivity contribution in [2.24, 2.45) is 0 Å². The van der Waals surface area contributed by atoms with Gasteiger partial charge in [-0.1, -0.05) is 5.16 Å². The Morgan fingerprint density at radius 1 is 1.38 bits per heavy atom. The van der Waals surface area contributed by atoms with Crippen LogP contribution in [0.4, 0.5) is 0 Å². The third-order valence-corrected chi connectivity index (χ3v) is 3.59. The van der Waals surface area contributed by atoms with E-state index in [4.69, 9.17) is 9.26 Å². The maximum atomic E-state index is 5.37. The lowest BCUT2D eigenvalue weighted by Crippen LogP contribution is -2.21. The van der Waals surface area contributed by atoms with Crippen LogP contribution in [0, 0.1) is 0 Å². The molecule has 0 amide bonds. The number of ether oxygens (including phenoxy) is 1. The summed E-state index contributed by atoms with van der Waals surface area (Å²) in [5.41, 5.74) is 0. The Bertz CT molecular complexity index is 360. The zero-order chi connectivity index (χ0) is 11.0. The van der Waals surface area contributed by atoms with E-state index in [1.165, 1.54) is 0 Å². The number of rotatable bonds is 2. The molecule has 0 saturated carbocycles. The van der Waals surface area contributed by atoms with Gasteiger partial charge in [-0.3, -0.25) is 0 Å². The number of hydrogen-bond acceptors (Lipinski definition) is 5. The van der Waals surface area contributed by atoms with Gasteiger partial charge < -0.3 is 14.6 Å². The molecule has 88 valence electrons. The van der Waals surface area contributed by atoms with Gasteiger partial charge in [0.2, 0.25) is 5.89 Å². The molecule has 5 heteroatoms. The highest BCUT2D eigenvalue weighted by Gasteiger charge is 2.31.